The Kier molecular flexibility index (Phi) is 5.69. The van der Waals surface area contributed by atoms with Crippen molar-refractivity contribution >= 4 is 28.9 Å². The Morgan fingerprint density at radius 3 is 2.05 bits per heavy atom. The Hall–Kier alpha value is -1.42. The van der Waals surface area contributed by atoms with E-state index in [-0.39, 0.29) is 5.91 Å². The monoisotopic (exact) mass is 292 g/mol. The molecule has 0 fully saturated rings. The molecule has 1 aromatic carbocycles. The number of para-hydroxylation sites is 1. The summed E-state index contributed by atoms with van der Waals surface area (Å²) >= 11 is 5.25. The summed E-state index contributed by atoms with van der Waals surface area (Å²) in [6.07, 6.45) is 1.85. The Bertz CT molecular complexity index is 481. The zero-order valence-electron chi connectivity index (χ0n) is 13.0. The highest BCUT2D eigenvalue weighted by atomic mass is 32.1. The maximum Gasteiger partial charge on any atom is 0.231 e. The number of hydrogen-bond acceptors (Lipinski definition) is 2. The quantitative estimate of drug-likeness (QED) is 0.835. The number of rotatable bonds is 3. The van der Waals surface area contributed by atoms with Crippen LogP contribution in [0.2, 0.25) is 0 Å². The smallest absolute Gasteiger partial charge is 0.231 e. The molecule has 2 N–H and O–H groups in total. The minimum absolute atomic E-state index is 0.0815. The summed E-state index contributed by atoms with van der Waals surface area (Å²) in [7, 11) is 0. The average molecular weight is 292 g/mol. The topological polar surface area (TPSA) is 41.1 Å². The van der Waals surface area contributed by atoms with E-state index < -0.39 is 5.41 Å². The van der Waals surface area contributed by atoms with Gasteiger partial charge in [0.15, 0.2) is 5.11 Å². The lowest BCUT2D eigenvalue weighted by molar-refractivity contribution is -0.126. The van der Waals surface area contributed by atoms with E-state index >= 15 is 0 Å². The van der Waals surface area contributed by atoms with Crippen molar-refractivity contribution in [3.8, 4) is 0 Å². The summed E-state index contributed by atoms with van der Waals surface area (Å²) in [6, 6.07) is 6.21. The molecule has 0 saturated carbocycles. The highest BCUT2D eigenvalue weighted by Gasteiger charge is 2.22. The van der Waals surface area contributed by atoms with Gasteiger partial charge in [-0.05, 0) is 36.2 Å². The third-order valence-corrected chi connectivity index (χ3v) is 3.35. The van der Waals surface area contributed by atoms with Gasteiger partial charge in [-0.15, -0.1) is 0 Å². The van der Waals surface area contributed by atoms with E-state index in [1.807, 2.05) is 20.8 Å². The van der Waals surface area contributed by atoms with Crippen LogP contribution < -0.4 is 10.6 Å². The maximum absolute atomic E-state index is 11.9. The van der Waals surface area contributed by atoms with Gasteiger partial charge in [0.2, 0.25) is 5.91 Å². The van der Waals surface area contributed by atoms with Crippen LogP contribution in [-0.2, 0) is 17.6 Å². The Morgan fingerprint density at radius 1 is 1.15 bits per heavy atom. The van der Waals surface area contributed by atoms with Gasteiger partial charge < -0.3 is 10.6 Å². The first-order chi connectivity index (χ1) is 9.29. The highest BCUT2D eigenvalue weighted by molar-refractivity contribution is 7.80. The third-order valence-electron chi connectivity index (χ3n) is 3.15. The molecule has 4 heteroatoms. The molecular formula is C16H24N2OS. The van der Waals surface area contributed by atoms with Gasteiger partial charge in [-0.25, -0.2) is 0 Å². The third kappa shape index (κ3) is 4.30. The average Bonchev–Trinajstić information content (AvgIpc) is 2.37. The minimum atomic E-state index is -0.455. The minimum Gasteiger partial charge on any atom is -0.332 e. The molecule has 0 aliphatic rings. The predicted octanol–water partition coefficient (Wildman–Crippen LogP) is 3.67. The van der Waals surface area contributed by atoms with Gasteiger partial charge in [0.25, 0.3) is 0 Å². The van der Waals surface area contributed by atoms with Crippen LogP contribution in [0.1, 0.15) is 45.7 Å². The van der Waals surface area contributed by atoms with Gasteiger partial charge in [-0.1, -0.05) is 52.8 Å². The van der Waals surface area contributed by atoms with Crippen LogP contribution in [0.5, 0.6) is 0 Å². The van der Waals surface area contributed by atoms with E-state index in [1.54, 1.807) is 0 Å². The fourth-order valence-corrected chi connectivity index (χ4v) is 2.03. The molecule has 0 heterocycles. The van der Waals surface area contributed by atoms with Crippen LogP contribution in [0.15, 0.2) is 18.2 Å². The molecule has 1 aromatic rings. The van der Waals surface area contributed by atoms with E-state index in [0.717, 1.165) is 18.5 Å². The van der Waals surface area contributed by atoms with Crippen LogP contribution in [0.4, 0.5) is 5.69 Å². The number of hydrogen-bond donors (Lipinski definition) is 2. The highest BCUT2D eigenvalue weighted by Crippen LogP contribution is 2.22. The molecule has 3 nitrogen and oxygen atoms in total. The van der Waals surface area contributed by atoms with E-state index in [0.29, 0.717) is 5.11 Å². The molecule has 0 aliphatic heterocycles. The first-order valence-corrected chi connectivity index (χ1v) is 7.43. The molecule has 0 aliphatic carbocycles. The van der Waals surface area contributed by atoms with E-state index in [2.05, 4.69) is 42.7 Å². The lowest BCUT2D eigenvalue weighted by Crippen LogP contribution is -2.41. The van der Waals surface area contributed by atoms with Crippen molar-refractivity contribution in [1.29, 1.82) is 0 Å². The first-order valence-electron chi connectivity index (χ1n) is 7.02. The van der Waals surface area contributed by atoms with Gasteiger partial charge >= 0.3 is 0 Å². The second kappa shape index (κ2) is 6.84. The number of carbonyl (C=O) groups excluding carboxylic acids is 1. The SMILES string of the molecule is CCc1cccc(CC)c1NC(=S)NC(=O)C(C)(C)C. The first kappa shape index (κ1) is 16.6. The summed E-state index contributed by atoms with van der Waals surface area (Å²) in [6.45, 7) is 9.81. The number of carbonyl (C=O) groups is 1. The molecule has 0 aromatic heterocycles. The molecule has 0 radical (unpaired) electrons. The largest absolute Gasteiger partial charge is 0.332 e. The fourth-order valence-electron chi connectivity index (χ4n) is 1.84. The van der Waals surface area contributed by atoms with E-state index in [1.165, 1.54) is 11.1 Å². The predicted molar refractivity (Wildman–Crippen MR) is 89.0 cm³/mol. The van der Waals surface area contributed by atoms with Crippen LogP contribution in [0, 0.1) is 5.41 Å². The summed E-state index contributed by atoms with van der Waals surface area (Å²) < 4.78 is 0. The van der Waals surface area contributed by atoms with Crippen molar-refractivity contribution in [2.24, 2.45) is 5.41 Å². The molecule has 1 amide bonds. The lowest BCUT2D eigenvalue weighted by atomic mass is 9.96. The van der Waals surface area contributed by atoms with Crippen LogP contribution in [-0.4, -0.2) is 11.0 Å². The van der Waals surface area contributed by atoms with Gasteiger partial charge in [0.05, 0.1) is 0 Å². The molecule has 110 valence electrons. The summed E-state index contributed by atoms with van der Waals surface area (Å²) in [5, 5.41) is 6.30. The standard InChI is InChI=1S/C16H24N2OS/c1-6-11-9-8-10-12(7-2)13(11)17-15(20)18-14(19)16(3,4)5/h8-10H,6-7H2,1-5H3,(H2,17,18,19,20). The molecular weight excluding hydrogens is 268 g/mol. The zero-order valence-corrected chi connectivity index (χ0v) is 13.8. The van der Waals surface area contributed by atoms with Crippen LogP contribution in [0.25, 0.3) is 0 Å². The number of anilines is 1. The summed E-state index contributed by atoms with van der Waals surface area (Å²) in [5.74, 6) is -0.0815. The number of aryl methyl sites for hydroxylation is 2. The molecule has 0 bridgehead atoms. The zero-order chi connectivity index (χ0) is 15.3. The fraction of sp³-hybridized carbons (Fsp3) is 0.500. The number of amides is 1. The molecule has 1 rings (SSSR count). The summed E-state index contributed by atoms with van der Waals surface area (Å²) in [4.78, 5) is 11.9. The van der Waals surface area contributed by atoms with Gasteiger partial charge in [0, 0.05) is 11.1 Å². The number of benzene rings is 1. The summed E-state index contributed by atoms with van der Waals surface area (Å²) in [5.41, 5.74) is 2.98. The Balaban J connectivity index is 2.88. The number of nitrogens with one attached hydrogen (secondary N) is 2. The molecule has 20 heavy (non-hydrogen) atoms. The van der Waals surface area contributed by atoms with Crippen molar-refractivity contribution in [3.05, 3.63) is 29.3 Å². The van der Waals surface area contributed by atoms with Crippen LogP contribution in [0.3, 0.4) is 0 Å². The molecule has 0 atom stereocenters. The van der Waals surface area contributed by atoms with Crippen LogP contribution >= 0.6 is 12.2 Å². The van der Waals surface area contributed by atoms with E-state index in [9.17, 15) is 4.79 Å². The molecule has 0 unspecified atom stereocenters. The number of thiocarbonyl (C=S) groups is 1. The Morgan fingerprint density at radius 2 is 1.65 bits per heavy atom. The van der Waals surface area contributed by atoms with Crippen molar-refractivity contribution in [3.63, 3.8) is 0 Å². The van der Waals surface area contributed by atoms with Gasteiger partial charge in [-0.2, -0.15) is 0 Å². The normalized spacial score (nSPS) is 11.1. The molecule has 0 saturated heterocycles. The van der Waals surface area contributed by atoms with Crippen molar-refractivity contribution < 1.29 is 4.79 Å². The van der Waals surface area contributed by atoms with E-state index in [4.69, 9.17) is 12.2 Å². The van der Waals surface area contributed by atoms with Gasteiger partial charge in [-0.3, -0.25) is 4.79 Å². The van der Waals surface area contributed by atoms with Crippen molar-refractivity contribution in [2.45, 2.75) is 47.5 Å². The maximum atomic E-state index is 11.9. The Labute approximate surface area is 127 Å². The second-order valence-electron chi connectivity index (χ2n) is 5.82. The molecule has 0 spiro atoms. The second-order valence-corrected chi connectivity index (χ2v) is 6.22. The van der Waals surface area contributed by atoms with Crippen molar-refractivity contribution in [1.82, 2.24) is 5.32 Å². The van der Waals surface area contributed by atoms with Crippen molar-refractivity contribution in [2.75, 3.05) is 5.32 Å². The lowest BCUT2D eigenvalue weighted by Gasteiger charge is -2.20. The van der Waals surface area contributed by atoms with Gasteiger partial charge in [0.1, 0.15) is 0 Å².